The number of pyridine rings is 1. The first-order chi connectivity index (χ1) is 21.1. The molecule has 10 heteroatoms. The first-order valence-electron chi connectivity index (χ1n) is 15.6. The second-order valence-electron chi connectivity index (χ2n) is 12.9. The van der Waals surface area contributed by atoms with Crippen LogP contribution in [0.4, 0.5) is 0 Å². The summed E-state index contributed by atoms with van der Waals surface area (Å²) in [5, 5.41) is 4.17. The topological polar surface area (TPSA) is 120 Å². The second kappa shape index (κ2) is 11.7. The molecular formula is C34H43N7O3. The Morgan fingerprint density at radius 1 is 1.11 bits per heavy atom. The summed E-state index contributed by atoms with van der Waals surface area (Å²) in [5.41, 5.74) is 10.3. The Morgan fingerprint density at radius 3 is 2.70 bits per heavy atom. The Morgan fingerprint density at radius 2 is 1.93 bits per heavy atom. The highest BCUT2D eigenvalue weighted by atomic mass is 16.5. The average molecular weight is 598 g/mol. The molecule has 2 bridgehead atoms. The van der Waals surface area contributed by atoms with Crippen molar-refractivity contribution in [2.75, 3.05) is 20.2 Å². The number of rotatable bonds is 3. The van der Waals surface area contributed by atoms with Crippen molar-refractivity contribution in [1.82, 2.24) is 29.3 Å². The Labute approximate surface area is 258 Å². The summed E-state index contributed by atoms with van der Waals surface area (Å²) in [7, 11) is 3.60. The van der Waals surface area contributed by atoms with Gasteiger partial charge >= 0.3 is 0 Å². The lowest BCUT2D eigenvalue weighted by Gasteiger charge is -2.30. The van der Waals surface area contributed by atoms with Gasteiger partial charge in [0.05, 0.1) is 30.1 Å². The molecule has 6 rings (SSSR count). The Hall–Kier alpha value is -4.18. The van der Waals surface area contributed by atoms with E-state index >= 15 is 0 Å². The van der Waals surface area contributed by atoms with Crippen LogP contribution < -0.4 is 15.8 Å². The minimum absolute atomic E-state index is 0.000232. The standard InChI is InChI=1S/C34H43N7O3/c1-21-25-13-12-22-18-27(41(30(22)37-25)16-9-7-6-8-14-34(2,3)33(43)36-21)31-38-26-17-23(19-28(44-5)29(26)39(31)4)32(42)40-15-10-11-24(35)20-40/h6,8,12-13,17-19,21,24H,7,9-11,14-16,20,35H2,1-5H3,(H,36,43)/b8-6+/t21-,24-/m1/s1. The van der Waals surface area contributed by atoms with Gasteiger partial charge in [-0.1, -0.05) is 26.0 Å². The van der Waals surface area contributed by atoms with E-state index in [0.717, 1.165) is 66.0 Å². The fourth-order valence-corrected chi connectivity index (χ4v) is 6.41. The van der Waals surface area contributed by atoms with Gasteiger partial charge in [-0.3, -0.25) is 9.59 Å². The van der Waals surface area contributed by atoms with Crippen LogP contribution in [-0.4, -0.2) is 62.1 Å². The van der Waals surface area contributed by atoms with Crippen LogP contribution in [0.1, 0.15) is 75.0 Å². The first-order valence-corrected chi connectivity index (χ1v) is 15.6. The molecule has 2 amide bonds. The summed E-state index contributed by atoms with van der Waals surface area (Å²) in [6, 6.07) is 9.62. The van der Waals surface area contributed by atoms with Crippen molar-refractivity contribution in [2.45, 2.75) is 71.5 Å². The maximum atomic E-state index is 13.5. The van der Waals surface area contributed by atoms with Crippen LogP contribution >= 0.6 is 0 Å². The van der Waals surface area contributed by atoms with E-state index in [4.69, 9.17) is 20.4 Å². The zero-order valence-electron chi connectivity index (χ0n) is 26.4. The van der Waals surface area contributed by atoms with Gasteiger partial charge in [-0.15, -0.1) is 0 Å². The van der Waals surface area contributed by atoms with Crippen molar-refractivity contribution in [3.8, 4) is 17.3 Å². The summed E-state index contributed by atoms with van der Waals surface area (Å²) in [5.74, 6) is 1.33. The molecule has 5 heterocycles. The van der Waals surface area contributed by atoms with E-state index in [2.05, 4.69) is 34.2 Å². The number of nitrogens with zero attached hydrogens (tertiary/aromatic N) is 5. The number of ether oxygens (including phenoxy) is 1. The van der Waals surface area contributed by atoms with Gasteiger partial charge in [0.15, 0.2) is 5.82 Å². The molecule has 2 aliphatic heterocycles. The fourth-order valence-electron chi connectivity index (χ4n) is 6.41. The van der Waals surface area contributed by atoms with Crippen molar-refractivity contribution in [3.63, 3.8) is 0 Å². The molecule has 0 aliphatic carbocycles. The smallest absolute Gasteiger partial charge is 0.254 e. The predicted molar refractivity (Wildman–Crippen MR) is 172 cm³/mol. The van der Waals surface area contributed by atoms with Crippen LogP contribution in [0.25, 0.3) is 33.6 Å². The number of aromatic nitrogens is 4. The van der Waals surface area contributed by atoms with E-state index in [1.807, 2.05) is 55.5 Å². The molecule has 10 nitrogen and oxygen atoms in total. The van der Waals surface area contributed by atoms with E-state index in [1.54, 1.807) is 7.11 Å². The zero-order chi connectivity index (χ0) is 31.2. The third kappa shape index (κ3) is 5.47. The van der Waals surface area contributed by atoms with Crippen LogP contribution in [0, 0.1) is 5.41 Å². The predicted octanol–water partition coefficient (Wildman–Crippen LogP) is 5.11. The van der Waals surface area contributed by atoms with Crippen LogP contribution in [0.2, 0.25) is 0 Å². The molecule has 232 valence electrons. The average Bonchev–Trinajstić information content (AvgIpc) is 3.53. The number of aryl methyl sites for hydroxylation is 2. The van der Waals surface area contributed by atoms with Gasteiger partial charge in [0.25, 0.3) is 5.91 Å². The van der Waals surface area contributed by atoms with Gasteiger partial charge in [-0.2, -0.15) is 0 Å². The number of fused-ring (bicyclic) bond motifs is 2. The van der Waals surface area contributed by atoms with Crippen molar-refractivity contribution in [2.24, 2.45) is 18.2 Å². The summed E-state index contributed by atoms with van der Waals surface area (Å²) in [6.07, 6.45) is 8.59. The number of nitrogens with two attached hydrogens (primary N) is 1. The minimum Gasteiger partial charge on any atom is -0.494 e. The van der Waals surface area contributed by atoms with Gasteiger partial charge in [0.1, 0.15) is 16.9 Å². The van der Waals surface area contributed by atoms with Gasteiger partial charge < -0.3 is 29.8 Å². The number of nitrogens with one attached hydrogen (secondary N) is 1. The summed E-state index contributed by atoms with van der Waals surface area (Å²) < 4.78 is 10.1. The summed E-state index contributed by atoms with van der Waals surface area (Å²) >= 11 is 0. The lowest BCUT2D eigenvalue weighted by Crippen LogP contribution is -2.45. The van der Waals surface area contributed by atoms with Crippen molar-refractivity contribution in [1.29, 1.82) is 0 Å². The lowest BCUT2D eigenvalue weighted by molar-refractivity contribution is -0.129. The number of carbonyl (C=O) groups is 2. The highest BCUT2D eigenvalue weighted by Crippen LogP contribution is 2.35. The van der Waals surface area contributed by atoms with Gasteiger partial charge in [0, 0.05) is 49.1 Å². The zero-order valence-corrected chi connectivity index (χ0v) is 26.4. The third-order valence-electron chi connectivity index (χ3n) is 9.09. The number of piperidine rings is 1. The molecule has 2 aliphatic rings. The van der Waals surface area contributed by atoms with Crippen molar-refractivity contribution < 1.29 is 14.3 Å². The summed E-state index contributed by atoms with van der Waals surface area (Å²) in [4.78, 5) is 38.6. The molecule has 4 aromatic rings. The normalized spacial score (nSPS) is 21.8. The number of carbonyl (C=O) groups excluding carboxylic acids is 2. The number of amides is 2. The number of benzene rings is 1. The van der Waals surface area contributed by atoms with E-state index in [1.165, 1.54) is 0 Å². The third-order valence-corrected chi connectivity index (χ3v) is 9.09. The molecular weight excluding hydrogens is 554 g/mol. The number of imidazole rings is 1. The van der Waals surface area contributed by atoms with E-state index < -0.39 is 5.41 Å². The minimum atomic E-state index is -0.501. The Balaban J connectivity index is 1.44. The molecule has 0 unspecified atom stereocenters. The van der Waals surface area contributed by atoms with E-state index in [9.17, 15) is 9.59 Å². The van der Waals surface area contributed by atoms with Crippen molar-refractivity contribution in [3.05, 3.63) is 53.7 Å². The quantitative estimate of drug-likeness (QED) is 0.317. The SMILES string of the molecule is COc1cc(C(=O)N2CCC[C@@H](N)C2)cc2nc(-c3cc4ccc5nc4n3CCC/C=C/CC(C)(C)C(=O)N[C@@H]5C)n(C)c12. The number of methoxy groups -OCH3 is 1. The molecule has 0 spiro atoms. The van der Waals surface area contributed by atoms with E-state index in [0.29, 0.717) is 36.3 Å². The van der Waals surface area contributed by atoms with Gasteiger partial charge in [-0.25, -0.2) is 9.97 Å². The molecule has 3 N–H and O–H groups in total. The maximum Gasteiger partial charge on any atom is 0.254 e. The Kier molecular flexibility index (Phi) is 7.96. The molecule has 1 saturated heterocycles. The Bertz CT molecular complexity index is 1770. The largest absolute Gasteiger partial charge is 0.494 e. The molecule has 44 heavy (non-hydrogen) atoms. The molecule has 1 aromatic carbocycles. The lowest BCUT2D eigenvalue weighted by atomic mass is 9.87. The van der Waals surface area contributed by atoms with Crippen molar-refractivity contribution >= 4 is 33.9 Å². The van der Waals surface area contributed by atoms with Crippen LogP contribution in [0.5, 0.6) is 5.75 Å². The van der Waals surface area contributed by atoms with Crippen LogP contribution in [0.15, 0.2) is 42.5 Å². The molecule has 0 saturated carbocycles. The van der Waals surface area contributed by atoms with Crippen LogP contribution in [0.3, 0.4) is 0 Å². The fraction of sp³-hybridized carbons (Fsp3) is 0.471. The summed E-state index contributed by atoms with van der Waals surface area (Å²) in [6.45, 7) is 7.94. The van der Waals surface area contributed by atoms with Crippen LogP contribution in [-0.2, 0) is 18.4 Å². The van der Waals surface area contributed by atoms with Gasteiger partial charge in [0.2, 0.25) is 5.91 Å². The molecule has 1 fully saturated rings. The first kappa shape index (κ1) is 29.9. The maximum absolute atomic E-state index is 13.5. The molecule has 0 radical (unpaired) electrons. The monoisotopic (exact) mass is 597 g/mol. The number of hydrogen-bond donors (Lipinski definition) is 2. The van der Waals surface area contributed by atoms with Gasteiger partial charge in [-0.05, 0) is 69.4 Å². The molecule has 2 atom stereocenters. The number of likely N-dealkylation sites (tertiary alicyclic amines) is 1. The molecule has 3 aromatic heterocycles. The number of hydrogen-bond acceptors (Lipinski definition) is 6. The second-order valence-corrected chi connectivity index (χ2v) is 12.9. The number of allylic oxidation sites excluding steroid dienone is 2. The highest BCUT2D eigenvalue weighted by Gasteiger charge is 2.29. The van der Waals surface area contributed by atoms with E-state index in [-0.39, 0.29) is 23.9 Å². The highest BCUT2D eigenvalue weighted by molar-refractivity contribution is 6.00.